The topological polar surface area (TPSA) is 0 Å². The number of thiocarbonyl (C=S) groups is 1. The second-order valence-electron chi connectivity index (χ2n) is 2.93. The molecule has 0 unspecified atom stereocenters. The van der Waals surface area contributed by atoms with Crippen molar-refractivity contribution in [3.8, 4) is 0 Å². The van der Waals surface area contributed by atoms with Crippen molar-refractivity contribution in [1.82, 2.24) is 0 Å². The van der Waals surface area contributed by atoms with Crippen LogP contribution in [0, 0.1) is 5.92 Å². The van der Waals surface area contributed by atoms with Crippen LogP contribution < -0.4 is 0 Å². The lowest BCUT2D eigenvalue weighted by Gasteiger charge is -2.21. The largest absolute Gasteiger partial charge is 0.168 e. The third kappa shape index (κ3) is 3.34. The molecule has 0 nitrogen and oxygen atoms in total. The summed E-state index contributed by atoms with van der Waals surface area (Å²) in [5.41, 5.74) is 0. The van der Waals surface area contributed by atoms with Crippen LogP contribution in [0.1, 0.15) is 32.1 Å². The predicted octanol–water partition coefficient (Wildman–Crippen LogP) is 3.51. The normalized spacial score (nSPS) is 20.1. The Morgan fingerprint density at radius 3 is 2.55 bits per heavy atom. The smallest absolute Gasteiger partial charge is 0.0517 e. The van der Waals surface area contributed by atoms with Gasteiger partial charge in [0.25, 0.3) is 0 Å². The molecule has 1 saturated carbocycles. The molecule has 0 aliphatic heterocycles. The molecular weight excluding hydrogens is 192 g/mol. The molecular formula is C8H14S3. The molecule has 0 amide bonds. The van der Waals surface area contributed by atoms with Crippen LogP contribution in [-0.4, -0.2) is 9.28 Å². The molecule has 1 rings (SSSR count). The van der Waals surface area contributed by atoms with E-state index < -0.39 is 0 Å². The van der Waals surface area contributed by atoms with Crippen molar-refractivity contribution in [3.63, 3.8) is 0 Å². The Kier molecular flexibility index (Phi) is 4.88. The minimum atomic E-state index is 0.718. The molecule has 1 fully saturated rings. The zero-order chi connectivity index (χ0) is 8.10. The highest BCUT2D eigenvalue weighted by Crippen LogP contribution is 2.29. The molecule has 0 atom stereocenters. The van der Waals surface area contributed by atoms with Crippen LogP contribution in [-0.2, 0) is 0 Å². The molecule has 1 aliphatic rings. The van der Waals surface area contributed by atoms with Gasteiger partial charge < -0.3 is 0 Å². The molecule has 0 spiro atoms. The van der Waals surface area contributed by atoms with Gasteiger partial charge >= 0.3 is 0 Å². The second kappa shape index (κ2) is 5.44. The van der Waals surface area contributed by atoms with Crippen molar-refractivity contribution in [2.75, 3.05) is 5.08 Å². The number of thiol groups is 1. The number of hydrogen-bond acceptors (Lipinski definition) is 3. The summed E-state index contributed by atoms with van der Waals surface area (Å²) >= 11 is 11.2. The Labute approximate surface area is 83.9 Å². The summed E-state index contributed by atoms with van der Waals surface area (Å²) in [6.45, 7) is 0. The van der Waals surface area contributed by atoms with E-state index in [-0.39, 0.29) is 0 Å². The zero-order valence-corrected chi connectivity index (χ0v) is 9.11. The highest BCUT2D eigenvalue weighted by Gasteiger charge is 2.17. The summed E-state index contributed by atoms with van der Waals surface area (Å²) < 4.78 is 1.19. The molecule has 0 saturated heterocycles. The average molecular weight is 206 g/mol. The number of hydrogen-bond donors (Lipinski definition) is 1. The van der Waals surface area contributed by atoms with Gasteiger partial charge in [-0.25, -0.2) is 0 Å². The Morgan fingerprint density at radius 2 is 2.00 bits per heavy atom. The summed E-state index contributed by atoms with van der Waals surface area (Å²) in [7, 11) is 0. The Hall–Kier alpha value is 0.790. The Bertz CT molecular complexity index is 127. The summed E-state index contributed by atoms with van der Waals surface area (Å²) in [5, 5.41) is 0.843. The molecule has 11 heavy (non-hydrogen) atoms. The van der Waals surface area contributed by atoms with Gasteiger partial charge in [-0.3, -0.25) is 0 Å². The lowest BCUT2D eigenvalue weighted by Crippen LogP contribution is -2.12. The van der Waals surface area contributed by atoms with Crippen molar-refractivity contribution >= 4 is 40.8 Å². The summed E-state index contributed by atoms with van der Waals surface area (Å²) in [4.78, 5) is 0. The standard InChI is InChI=1S/C8H14S3/c9-6-11-8(10)7-4-2-1-3-5-7/h7,9H,1-6H2. The zero-order valence-electron chi connectivity index (χ0n) is 6.58. The first-order chi connectivity index (χ1) is 5.34. The minimum absolute atomic E-state index is 0.718. The van der Waals surface area contributed by atoms with Crippen molar-refractivity contribution in [1.29, 1.82) is 0 Å². The van der Waals surface area contributed by atoms with E-state index >= 15 is 0 Å². The fourth-order valence-electron chi connectivity index (χ4n) is 1.52. The fraction of sp³-hybridized carbons (Fsp3) is 0.875. The van der Waals surface area contributed by atoms with E-state index in [4.69, 9.17) is 12.2 Å². The van der Waals surface area contributed by atoms with Crippen LogP contribution in [0.15, 0.2) is 0 Å². The third-order valence-electron chi connectivity index (χ3n) is 2.15. The van der Waals surface area contributed by atoms with Crippen LogP contribution in [0.4, 0.5) is 0 Å². The van der Waals surface area contributed by atoms with Crippen molar-refractivity contribution in [3.05, 3.63) is 0 Å². The molecule has 0 radical (unpaired) electrons. The summed E-state index contributed by atoms with van der Waals surface area (Å²) in [6, 6.07) is 0. The molecule has 0 N–H and O–H groups in total. The van der Waals surface area contributed by atoms with Crippen LogP contribution in [0.3, 0.4) is 0 Å². The van der Waals surface area contributed by atoms with Crippen LogP contribution in [0.5, 0.6) is 0 Å². The molecule has 0 aromatic rings. The first-order valence-corrected chi connectivity index (χ1v) is 6.14. The maximum Gasteiger partial charge on any atom is 0.0517 e. The third-order valence-corrected chi connectivity index (χ3v) is 3.97. The SMILES string of the molecule is S=C(SCS)C1CCCCC1. The molecule has 0 aromatic heterocycles. The predicted molar refractivity (Wildman–Crippen MR) is 60.6 cm³/mol. The van der Waals surface area contributed by atoms with Gasteiger partial charge in [-0.1, -0.05) is 31.5 Å². The highest BCUT2D eigenvalue weighted by molar-refractivity contribution is 8.27. The van der Waals surface area contributed by atoms with E-state index in [1.807, 2.05) is 0 Å². The molecule has 3 heteroatoms. The van der Waals surface area contributed by atoms with E-state index in [2.05, 4.69) is 12.6 Å². The second-order valence-corrected chi connectivity index (χ2v) is 5.39. The van der Waals surface area contributed by atoms with Gasteiger partial charge in [0, 0.05) is 11.0 Å². The lowest BCUT2D eigenvalue weighted by molar-refractivity contribution is 0.446. The summed E-state index contributed by atoms with van der Waals surface area (Å²) in [6.07, 6.45) is 6.79. The van der Waals surface area contributed by atoms with Gasteiger partial charge in [-0.2, -0.15) is 12.6 Å². The van der Waals surface area contributed by atoms with Crippen LogP contribution in [0.25, 0.3) is 0 Å². The van der Waals surface area contributed by atoms with E-state index in [0.717, 1.165) is 11.0 Å². The first-order valence-electron chi connectivity index (χ1n) is 4.12. The van der Waals surface area contributed by atoms with Gasteiger partial charge in [0.1, 0.15) is 0 Å². The number of thioether (sulfide) groups is 1. The summed E-state index contributed by atoms with van der Waals surface area (Å²) in [5.74, 6) is 0.718. The van der Waals surface area contributed by atoms with Gasteiger partial charge in [0.2, 0.25) is 0 Å². The lowest BCUT2D eigenvalue weighted by atomic mass is 9.91. The molecule has 0 bridgehead atoms. The number of rotatable bonds is 2. The van der Waals surface area contributed by atoms with E-state index in [0.29, 0.717) is 0 Å². The first kappa shape index (κ1) is 9.87. The molecule has 0 heterocycles. The fourth-order valence-corrected chi connectivity index (χ4v) is 3.21. The van der Waals surface area contributed by atoms with E-state index in [1.165, 1.54) is 36.3 Å². The molecule has 0 aromatic carbocycles. The van der Waals surface area contributed by atoms with E-state index in [1.54, 1.807) is 11.8 Å². The quantitative estimate of drug-likeness (QED) is 0.417. The maximum absolute atomic E-state index is 5.29. The maximum atomic E-state index is 5.29. The van der Waals surface area contributed by atoms with Crippen LogP contribution in [0.2, 0.25) is 0 Å². The Balaban J connectivity index is 2.27. The van der Waals surface area contributed by atoms with Gasteiger partial charge in [-0.15, -0.1) is 11.8 Å². The molecule has 1 aliphatic carbocycles. The van der Waals surface area contributed by atoms with Crippen molar-refractivity contribution in [2.45, 2.75) is 32.1 Å². The molecule has 64 valence electrons. The Morgan fingerprint density at radius 1 is 1.36 bits per heavy atom. The van der Waals surface area contributed by atoms with Crippen LogP contribution >= 0.6 is 36.6 Å². The monoisotopic (exact) mass is 206 g/mol. The highest BCUT2D eigenvalue weighted by atomic mass is 32.2. The average Bonchev–Trinajstić information content (AvgIpc) is 2.07. The van der Waals surface area contributed by atoms with Gasteiger partial charge in [-0.05, 0) is 12.8 Å². The van der Waals surface area contributed by atoms with E-state index in [9.17, 15) is 0 Å². The minimum Gasteiger partial charge on any atom is -0.168 e. The van der Waals surface area contributed by atoms with Crippen molar-refractivity contribution in [2.24, 2.45) is 5.92 Å². The van der Waals surface area contributed by atoms with Gasteiger partial charge in [0.15, 0.2) is 0 Å². The van der Waals surface area contributed by atoms with Gasteiger partial charge in [0.05, 0.1) is 4.20 Å². The van der Waals surface area contributed by atoms with Crippen molar-refractivity contribution < 1.29 is 0 Å².